The molecule has 0 saturated heterocycles. The molecule has 1 aromatic heterocycles. The van der Waals surface area contributed by atoms with Gasteiger partial charge in [-0.2, -0.15) is 5.10 Å². The monoisotopic (exact) mass is 259 g/mol. The number of rotatable bonds is 5. The van der Waals surface area contributed by atoms with Crippen LogP contribution in [0, 0.1) is 6.92 Å². The Hall–Kier alpha value is -2.30. The number of carboxylic acids is 1. The number of aryl methyl sites for hydroxylation is 2. The van der Waals surface area contributed by atoms with Crippen LogP contribution in [-0.4, -0.2) is 20.9 Å². The Kier molecular flexibility index (Phi) is 3.85. The van der Waals surface area contributed by atoms with E-state index in [0.717, 1.165) is 23.5 Å². The van der Waals surface area contributed by atoms with E-state index in [1.807, 2.05) is 30.8 Å². The van der Waals surface area contributed by atoms with Crippen LogP contribution in [0.5, 0.6) is 0 Å². The van der Waals surface area contributed by atoms with Gasteiger partial charge in [0.1, 0.15) is 0 Å². The van der Waals surface area contributed by atoms with Gasteiger partial charge in [-0.3, -0.25) is 4.68 Å². The third-order valence-corrected chi connectivity index (χ3v) is 2.96. The van der Waals surface area contributed by atoms with Crippen LogP contribution in [0.25, 0.3) is 0 Å². The zero-order chi connectivity index (χ0) is 13.8. The average Bonchev–Trinajstić information content (AvgIpc) is 2.77. The maximum atomic E-state index is 10.9. The first-order valence-corrected chi connectivity index (χ1v) is 6.20. The summed E-state index contributed by atoms with van der Waals surface area (Å²) in [4.78, 5) is 10.9. The minimum atomic E-state index is -0.918. The summed E-state index contributed by atoms with van der Waals surface area (Å²) in [5.41, 5.74) is 3.18. The van der Waals surface area contributed by atoms with Crippen molar-refractivity contribution in [3.63, 3.8) is 0 Å². The molecule has 2 rings (SSSR count). The molecule has 0 radical (unpaired) electrons. The number of carbonyl (C=O) groups is 1. The van der Waals surface area contributed by atoms with Gasteiger partial charge in [0.05, 0.1) is 11.3 Å². The number of hydrogen-bond acceptors (Lipinski definition) is 3. The van der Waals surface area contributed by atoms with Crippen molar-refractivity contribution < 1.29 is 9.90 Å². The third-order valence-electron chi connectivity index (χ3n) is 2.96. The van der Waals surface area contributed by atoms with Crippen molar-refractivity contribution in [3.05, 3.63) is 47.3 Å². The summed E-state index contributed by atoms with van der Waals surface area (Å²) in [5, 5.41) is 16.5. The number of nitrogens with one attached hydrogen (secondary N) is 1. The van der Waals surface area contributed by atoms with Crippen molar-refractivity contribution in [2.45, 2.75) is 26.9 Å². The highest BCUT2D eigenvalue weighted by Gasteiger charge is 2.05. The molecule has 0 aliphatic carbocycles. The predicted octanol–water partition coefficient (Wildman–Crippen LogP) is 2.52. The standard InChI is InChI=1S/C14H17N3O2/c1-3-17-9-12(10(2)16-17)8-15-13-6-4-5-11(7-13)14(18)19/h4-7,9,15H,3,8H2,1-2H3,(H,18,19). The fourth-order valence-corrected chi connectivity index (χ4v) is 1.85. The summed E-state index contributed by atoms with van der Waals surface area (Å²) in [7, 11) is 0. The number of anilines is 1. The van der Waals surface area contributed by atoms with Crippen molar-refractivity contribution in [3.8, 4) is 0 Å². The lowest BCUT2D eigenvalue weighted by molar-refractivity contribution is 0.0697. The molecule has 0 spiro atoms. The fraction of sp³-hybridized carbons (Fsp3) is 0.286. The van der Waals surface area contributed by atoms with Crippen molar-refractivity contribution in [1.29, 1.82) is 0 Å². The Labute approximate surface area is 111 Å². The number of hydrogen-bond donors (Lipinski definition) is 2. The Morgan fingerprint density at radius 1 is 1.47 bits per heavy atom. The molecule has 0 aliphatic rings. The smallest absolute Gasteiger partial charge is 0.335 e. The molecule has 1 heterocycles. The average molecular weight is 259 g/mol. The maximum absolute atomic E-state index is 10.9. The summed E-state index contributed by atoms with van der Waals surface area (Å²) in [6, 6.07) is 6.79. The second kappa shape index (κ2) is 5.56. The first-order valence-electron chi connectivity index (χ1n) is 6.20. The zero-order valence-electron chi connectivity index (χ0n) is 11.1. The molecule has 0 atom stereocenters. The van der Waals surface area contributed by atoms with Crippen molar-refractivity contribution >= 4 is 11.7 Å². The van der Waals surface area contributed by atoms with Crippen LogP contribution in [0.2, 0.25) is 0 Å². The third kappa shape index (κ3) is 3.13. The zero-order valence-corrected chi connectivity index (χ0v) is 11.1. The van der Waals surface area contributed by atoms with E-state index in [4.69, 9.17) is 5.11 Å². The molecule has 1 aromatic carbocycles. The van der Waals surface area contributed by atoms with E-state index in [-0.39, 0.29) is 5.56 Å². The molecular formula is C14H17N3O2. The van der Waals surface area contributed by atoms with E-state index < -0.39 is 5.97 Å². The number of nitrogens with zero attached hydrogens (tertiary/aromatic N) is 2. The molecule has 0 bridgehead atoms. The molecule has 2 N–H and O–H groups in total. The Balaban J connectivity index is 2.07. The van der Waals surface area contributed by atoms with Gasteiger partial charge in [0.15, 0.2) is 0 Å². The van der Waals surface area contributed by atoms with Crippen molar-refractivity contribution in [2.24, 2.45) is 0 Å². The highest BCUT2D eigenvalue weighted by molar-refractivity contribution is 5.88. The van der Waals surface area contributed by atoms with Gasteiger partial charge in [-0.25, -0.2) is 4.79 Å². The second-order valence-electron chi connectivity index (χ2n) is 4.33. The van der Waals surface area contributed by atoms with E-state index in [1.54, 1.807) is 18.2 Å². The number of aromatic carboxylic acids is 1. The van der Waals surface area contributed by atoms with Crippen molar-refractivity contribution in [1.82, 2.24) is 9.78 Å². The Morgan fingerprint density at radius 2 is 2.26 bits per heavy atom. The molecule has 0 amide bonds. The number of benzene rings is 1. The van der Waals surface area contributed by atoms with E-state index in [9.17, 15) is 4.79 Å². The summed E-state index contributed by atoms with van der Waals surface area (Å²) < 4.78 is 1.89. The van der Waals surface area contributed by atoms with Gasteiger partial charge in [0.25, 0.3) is 0 Å². The molecule has 100 valence electrons. The van der Waals surface area contributed by atoms with E-state index in [0.29, 0.717) is 6.54 Å². The largest absolute Gasteiger partial charge is 0.478 e. The molecular weight excluding hydrogens is 242 g/mol. The topological polar surface area (TPSA) is 67.2 Å². The highest BCUT2D eigenvalue weighted by Crippen LogP contribution is 2.13. The Bertz CT molecular complexity index is 590. The molecule has 5 heteroatoms. The first-order chi connectivity index (χ1) is 9.10. The lowest BCUT2D eigenvalue weighted by Crippen LogP contribution is -2.02. The lowest BCUT2D eigenvalue weighted by Gasteiger charge is -2.06. The van der Waals surface area contributed by atoms with Gasteiger partial charge >= 0.3 is 5.97 Å². The van der Waals surface area contributed by atoms with Gasteiger partial charge < -0.3 is 10.4 Å². The molecule has 5 nitrogen and oxygen atoms in total. The molecule has 2 aromatic rings. The predicted molar refractivity (Wildman–Crippen MR) is 73.4 cm³/mol. The minimum Gasteiger partial charge on any atom is -0.478 e. The van der Waals surface area contributed by atoms with Gasteiger partial charge in [-0.15, -0.1) is 0 Å². The maximum Gasteiger partial charge on any atom is 0.335 e. The summed E-state index contributed by atoms with van der Waals surface area (Å²) in [5.74, 6) is -0.918. The molecule has 0 unspecified atom stereocenters. The number of carboxylic acid groups (broad SMARTS) is 1. The van der Waals surface area contributed by atoms with Crippen LogP contribution in [-0.2, 0) is 13.1 Å². The summed E-state index contributed by atoms with van der Waals surface area (Å²) in [6.45, 7) is 5.49. The van der Waals surface area contributed by atoms with Crippen LogP contribution in [0.3, 0.4) is 0 Å². The second-order valence-corrected chi connectivity index (χ2v) is 4.33. The SMILES string of the molecule is CCn1cc(CNc2cccc(C(=O)O)c2)c(C)n1. The molecule has 0 aliphatic heterocycles. The van der Waals surface area contributed by atoms with E-state index in [2.05, 4.69) is 10.4 Å². The van der Waals surface area contributed by atoms with Gasteiger partial charge in [-0.1, -0.05) is 6.07 Å². The summed E-state index contributed by atoms with van der Waals surface area (Å²) >= 11 is 0. The Morgan fingerprint density at radius 3 is 2.89 bits per heavy atom. The molecule has 0 fully saturated rings. The van der Waals surface area contributed by atoms with E-state index >= 15 is 0 Å². The van der Waals surface area contributed by atoms with E-state index in [1.165, 1.54) is 0 Å². The van der Waals surface area contributed by atoms with Gasteiger partial charge in [0, 0.05) is 30.5 Å². The lowest BCUT2D eigenvalue weighted by atomic mass is 10.2. The normalized spacial score (nSPS) is 10.4. The van der Waals surface area contributed by atoms with Gasteiger partial charge in [0.2, 0.25) is 0 Å². The fourth-order valence-electron chi connectivity index (χ4n) is 1.85. The van der Waals surface area contributed by atoms with Crippen molar-refractivity contribution in [2.75, 3.05) is 5.32 Å². The quantitative estimate of drug-likeness (QED) is 0.865. The van der Waals surface area contributed by atoms with Crippen LogP contribution in [0.15, 0.2) is 30.5 Å². The van der Waals surface area contributed by atoms with Crippen LogP contribution in [0.1, 0.15) is 28.5 Å². The van der Waals surface area contributed by atoms with Crippen LogP contribution >= 0.6 is 0 Å². The van der Waals surface area contributed by atoms with Crippen LogP contribution in [0.4, 0.5) is 5.69 Å². The summed E-state index contributed by atoms with van der Waals surface area (Å²) in [6.07, 6.45) is 2.00. The molecule has 19 heavy (non-hydrogen) atoms. The number of aromatic nitrogens is 2. The van der Waals surface area contributed by atoms with Crippen LogP contribution < -0.4 is 5.32 Å². The first kappa shape index (κ1) is 13.1. The highest BCUT2D eigenvalue weighted by atomic mass is 16.4. The minimum absolute atomic E-state index is 0.283. The molecule has 0 saturated carbocycles. The van der Waals surface area contributed by atoms with Gasteiger partial charge in [-0.05, 0) is 32.0 Å².